The Morgan fingerprint density at radius 1 is 1.06 bits per heavy atom. The first kappa shape index (κ1) is 21.5. The van der Waals surface area contributed by atoms with E-state index in [1.54, 1.807) is 58.3 Å². The zero-order valence-corrected chi connectivity index (χ0v) is 18.4. The lowest BCUT2D eigenvalue weighted by Gasteiger charge is -2.09. The zero-order valence-electron chi connectivity index (χ0n) is 17.7. The molecule has 0 aliphatic carbocycles. The third-order valence-electron chi connectivity index (χ3n) is 4.62. The number of rotatable bonds is 8. The summed E-state index contributed by atoms with van der Waals surface area (Å²) in [7, 11) is 0. The number of anilines is 1. The number of hydrogen-bond donors (Lipinski definition) is 1. The van der Waals surface area contributed by atoms with E-state index in [4.69, 9.17) is 21.1 Å². The summed E-state index contributed by atoms with van der Waals surface area (Å²) in [5, 5.41) is 11.8. The minimum atomic E-state index is -0.342. The van der Waals surface area contributed by atoms with Crippen molar-refractivity contribution in [1.82, 2.24) is 19.6 Å². The van der Waals surface area contributed by atoms with E-state index in [2.05, 4.69) is 15.5 Å². The highest BCUT2D eigenvalue weighted by Gasteiger charge is 2.12. The van der Waals surface area contributed by atoms with Crippen LogP contribution >= 0.6 is 11.6 Å². The molecule has 0 bridgehead atoms. The Morgan fingerprint density at radius 2 is 1.91 bits per heavy atom. The van der Waals surface area contributed by atoms with E-state index in [0.29, 0.717) is 16.5 Å². The second-order valence-electron chi connectivity index (χ2n) is 7.24. The Labute approximate surface area is 190 Å². The van der Waals surface area contributed by atoms with Gasteiger partial charge in [-0.05, 0) is 55.3 Å². The van der Waals surface area contributed by atoms with Gasteiger partial charge in [0.25, 0.3) is 5.91 Å². The Bertz CT molecular complexity index is 1230. The number of amides is 1. The van der Waals surface area contributed by atoms with E-state index in [0.717, 1.165) is 16.9 Å². The van der Waals surface area contributed by atoms with E-state index >= 15 is 0 Å². The number of halogens is 1. The van der Waals surface area contributed by atoms with E-state index in [1.807, 2.05) is 32.0 Å². The van der Waals surface area contributed by atoms with Crippen LogP contribution in [-0.4, -0.2) is 25.5 Å². The predicted molar refractivity (Wildman–Crippen MR) is 121 cm³/mol. The molecule has 0 aliphatic rings. The number of nitrogens with zero attached hydrogens (tertiary/aromatic N) is 4. The van der Waals surface area contributed by atoms with Crippen LogP contribution in [0, 0.1) is 13.8 Å². The summed E-state index contributed by atoms with van der Waals surface area (Å²) < 4.78 is 14.6. The summed E-state index contributed by atoms with van der Waals surface area (Å²) in [6, 6.07) is 14.7. The van der Waals surface area contributed by atoms with E-state index in [9.17, 15) is 4.79 Å². The average Bonchev–Trinajstić information content (AvgIpc) is 3.42. The van der Waals surface area contributed by atoms with Crippen molar-refractivity contribution in [3.63, 3.8) is 0 Å². The Kier molecular flexibility index (Phi) is 6.42. The fourth-order valence-electron chi connectivity index (χ4n) is 2.94. The molecule has 4 aromatic rings. The summed E-state index contributed by atoms with van der Waals surface area (Å²) in [5.41, 5.74) is 2.96. The van der Waals surface area contributed by atoms with Gasteiger partial charge in [-0.1, -0.05) is 29.8 Å². The molecule has 0 atom stereocenters. The lowest BCUT2D eigenvalue weighted by molar-refractivity contribution is 0.102. The summed E-state index contributed by atoms with van der Waals surface area (Å²) in [4.78, 5) is 12.5. The molecule has 8 nitrogen and oxygen atoms in total. The quantitative estimate of drug-likeness (QED) is 0.420. The maximum absolute atomic E-state index is 12.5. The van der Waals surface area contributed by atoms with Crippen molar-refractivity contribution in [2.24, 2.45) is 0 Å². The van der Waals surface area contributed by atoms with Gasteiger partial charge in [0.05, 0.1) is 18.1 Å². The molecule has 0 fully saturated rings. The monoisotopic (exact) mass is 451 g/mol. The fourth-order valence-corrected chi connectivity index (χ4v) is 3.12. The molecule has 1 amide bonds. The second kappa shape index (κ2) is 9.57. The van der Waals surface area contributed by atoms with Crippen LogP contribution in [-0.2, 0) is 13.5 Å². The van der Waals surface area contributed by atoms with Gasteiger partial charge in [-0.15, -0.1) is 0 Å². The predicted octanol–water partition coefficient (Wildman–Crippen LogP) is 4.68. The first-order chi connectivity index (χ1) is 15.5. The van der Waals surface area contributed by atoms with Gasteiger partial charge < -0.3 is 14.8 Å². The smallest absolute Gasteiger partial charge is 0.276 e. The molecule has 2 aromatic carbocycles. The highest BCUT2D eigenvalue weighted by molar-refractivity contribution is 6.30. The van der Waals surface area contributed by atoms with Crippen molar-refractivity contribution in [1.29, 1.82) is 0 Å². The topological polar surface area (TPSA) is 83.2 Å². The van der Waals surface area contributed by atoms with Gasteiger partial charge in [-0.2, -0.15) is 10.2 Å². The number of benzene rings is 2. The fraction of sp³-hybridized carbons (Fsp3) is 0.174. The van der Waals surface area contributed by atoms with E-state index in [-0.39, 0.29) is 25.1 Å². The second-order valence-corrected chi connectivity index (χ2v) is 7.67. The molecule has 9 heteroatoms. The summed E-state index contributed by atoms with van der Waals surface area (Å²) in [6.07, 6.45) is 4.91. The van der Waals surface area contributed by atoms with Crippen LogP contribution in [0.3, 0.4) is 0 Å². The number of ether oxygens (including phenoxy) is 2. The van der Waals surface area contributed by atoms with Crippen molar-refractivity contribution >= 4 is 23.2 Å². The number of aromatic nitrogens is 4. The molecule has 2 aromatic heterocycles. The number of aryl methyl sites for hydroxylation is 2. The van der Waals surface area contributed by atoms with Crippen LogP contribution in [0.2, 0.25) is 5.02 Å². The minimum Gasteiger partial charge on any atom is -0.471 e. The molecule has 0 radical (unpaired) electrons. The van der Waals surface area contributed by atoms with Crippen molar-refractivity contribution in [2.75, 3.05) is 5.32 Å². The zero-order chi connectivity index (χ0) is 22.5. The molecule has 0 spiro atoms. The molecule has 32 heavy (non-hydrogen) atoms. The maximum atomic E-state index is 12.5. The summed E-state index contributed by atoms with van der Waals surface area (Å²) in [5.74, 6) is 1.08. The number of nitrogens with one attached hydrogen (secondary N) is 1. The molecule has 1 N–H and O–H groups in total. The molecule has 2 heterocycles. The van der Waals surface area contributed by atoms with Gasteiger partial charge in [0, 0.05) is 11.2 Å². The van der Waals surface area contributed by atoms with Gasteiger partial charge in [-0.3, -0.25) is 4.79 Å². The molecule has 0 unspecified atom stereocenters. The first-order valence-corrected chi connectivity index (χ1v) is 10.3. The van der Waals surface area contributed by atoms with Crippen molar-refractivity contribution < 1.29 is 14.3 Å². The molecule has 0 saturated heterocycles. The minimum absolute atomic E-state index is 0.181. The number of carbonyl (C=O) groups excluding carboxylic acids is 1. The molecule has 164 valence electrons. The molecule has 0 aliphatic heterocycles. The van der Waals surface area contributed by atoms with E-state index < -0.39 is 0 Å². The van der Waals surface area contributed by atoms with Crippen LogP contribution in [0.5, 0.6) is 11.5 Å². The van der Waals surface area contributed by atoms with Gasteiger partial charge in [0.1, 0.15) is 11.5 Å². The van der Waals surface area contributed by atoms with Crippen LogP contribution in [0.15, 0.2) is 67.1 Å². The van der Waals surface area contributed by atoms with Gasteiger partial charge in [0.15, 0.2) is 19.2 Å². The number of carbonyl (C=O) groups is 1. The van der Waals surface area contributed by atoms with Crippen LogP contribution in [0.4, 0.5) is 5.69 Å². The highest BCUT2D eigenvalue weighted by atomic mass is 35.5. The van der Waals surface area contributed by atoms with E-state index in [1.165, 1.54) is 0 Å². The standard InChI is InChI=1S/C23H22ClN5O3/c1-16-6-7-17(2)22(10-16)32-14-28-9-8-21(27-28)23(30)26-19-12-25-29(13-19)15-31-20-5-3-4-18(24)11-20/h3-13H,14-15H2,1-2H3,(H,26,30). The largest absolute Gasteiger partial charge is 0.471 e. The molecule has 4 rings (SSSR count). The van der Waals surface area contributed by atoms with Crippen LogP contribution in [0.1, 0.15) is 21.6 Å². The van der Waals surface area contributed by atoms with Crippen molar-refractivity contribution in [3.05, 3.63) is 89.0 Å². The van der Waals surface area contributed by atoms with Crippen molar-refractivity contribution in [3.8, 4) is 11.5 Å². The number of hydrogen-bond acceptors (Lipinski definition) is 5. The van der Waals surface area contributed by atoms with Gasteiger partial charge in [-0.25, -0.2) is 9.36 Å². The Balaban J connectivity index is 1.31. The Hall–Kier alpha value is -3.78. The Morgan fingerprint density at radius 3 is 2.75 bits per heavy atom. The van der Waals surface area contributed by atoms with Gasteiger partial charge >= 0.3 is 0 Å². The van der Waals surface area contributed by atoms with Crippen molar-refractivity contribution in [2.45, 2.75) is 27.3 Å². The summed E-state index contributed by atoms with van der Waals surface area (Å²) >= 11 is 5.95. The molecule has 0 saturated carbocycles. The molecular weight excluding hydrogens is 430 g/mol. The third-order valence-corrected chi connectivity index (χ3v) is 4.86. The third kappa shape index (κ3) is 5.47. The average molecular weight is 452 g/mol. The normalized spacial score (nSPS) is 10.7. The molecular formula is C23H22ClN5O3. The van der Waals surface area contributed by atoms with Crippen LogP contribution < -0.4 is 14.8 Å². The maximum Gasteiger partial charge on any atom is 0.276 e. The van der Waals surface area contributed by atoms with Gasteiger partial charge in [0.2, 0.25) is 0 Å². The SMILES string of the molecule is Cc1ccc(C)c(OCn2ccc(C(=O)Nc3cnn(COc4cccc(Cl)c4)c3)n2)c1. The summed E-state index contributed by atoms with van der Waals surface area (Å²) in [6.45, 7) is 4.38. The first-order valence-electron chi connectivity index (χ1n) is 9.92. The van der Waals surface area contributed by atoms with Crippen LogP contribution in [0.25, 0.3) is 0 Å². The lowest BCUT2D eigenvalue weighted by Crippen LogP contribution is -2.14. The highest BCUT2D eigenvalue weighted by Crippen LogP contribution is 2.20. The lowest BCUT2D eigenvalue weighted by atomic mass is 10.1.